The van der Waals surface area contributed by atoms with Gasteiger partial charge in [-0.05, 0) is 12.5 Å². The molecule has 1 aliphatic rings. The Kier molecular flexibility index (Phi) is 2.82. The summed E-state index contributed by atoms with van der Waals surface area (Å²) in [5, 5.41) is 0. The van der Waals surface area contributed by atoms with Gasteiger partial charge in [0.1, 0.15) is 0 Å². The van der Waals surface area contributed by atoms with Crippen molar-refractivity contribution in [3.8, 4) is 0 Å². The van der Waals surface area contributed by atoms with E-state index in [2.05, 4.69) is 23.5 Å². The van der Waals surface area contributed by atoms with E-state index in [4.69, 9.17) is 4.84 Å². The van der Waals surface area contributed by atoms with Crippen molar-refractivity contribution in [1.82, 2.24) is 5.48 Å². The first-order chi connectivity index (χ1) is 8.84. The Morgan fingerprint density at radius 3 is 2.50 bits per heavy atom. The molecule has 1 aliphatic heterocycles. The topological polar surface area (TPSA) is 33.6 Å². The summed E-state index contributed by atoms with van der Waals surface area (Å²) in [6.07, 6.45) is -0.263. The van der Waals surface area contributed by atoms with Crippen LogP contribution in [-0.4, -0.2) is 5.84 Å². The Morgan fingerprint density at radius 2 is 1.72 bits per heavy atom. The van der Waals surface area contributed by atoms with Gasteiger partial charge in [0.15, 0.2) is 5.84 Å². The maximum Gasteiger partial charge on any atom is 0.202 e. The SMILES string of the molecule is Cc1ccccc1C1=NC(c2ccccc2)ON1. The van der Waals surface area contributed by atoms with Crippen LogP contribution in [0, 0.1) is 6.92 Å². The third-order valence-corrected chi connectivity index (χ3v) is 3.00. The number of hydroxylamine groups is 1. The molecule has 0 aliphatic carbocycles. The number of aliphatic imine (C=N–C) groups is 1. The molecule has 90 valence electrons. The van der Waals surface area contributed by atoms with Crippen molar-refractivity contribution < 1.29 is 4.84 Å². The fourth-order valence-corrected chi connectivity index (χ4v) is 2.00. The smallest absolute Gasteiger partial charge is 0.202 e. The van der Waals surface area contributed by atoms with Crippen molar-refractivity contribution in [1.29, 1.82) is 0 Å². The van der Waals surface area contributed by atoms with Gasteiger partial charge in [-0.1, -0.05) is 54.6 Å². The minimum absolute atomic E-state index is 0.263. The van der Waals surface area contributed by atoms with E-state index in [1.165, 1.54) is 5.56 Å². The molecule has 2 aromatic rings. The standard InChI is InChI=1S/C15H14N2O/c1-11-7-5-6-10-13(11)14-16-15(18-17-14)12-8-3-2-4-9-12/h2-10,15H,1H3,(H,16,17). The predicted octanol–water partition coefficient (Wildman–Crippen LogP) is 2.98. The fourth-order valence-electron chi connectivity index (χ4n) is 2.00. The highest BCUT2D eigenvalue weighted by atomic mass is 16.7. The molecule has 0 saturated heterocycles. The molecule has 18 heavy (non-hydrogen) atoms. The molecule has 0 amide bonds. The van der Waals surface area contributed by atoms with Crippen molar-refractivity contribution >= 4 is 5.84 Å². The lowest BCUT2D eigenvalue weighted by Crippen LogP contribution is -2.18. The van der Waals surface area contributed by atoms with Crippen molar-refractivity contribution in [2.45, 2.75) is 13.2 Å². The maximum atomic E-state index is 5.51. The zero-order valence-electron chi connectivity index (χ0n) is 10.1. The number of nitrogens with one attached hydrogen (secondary N) is 1. The molecule has 3 nitrogen and oxygen atoms in total. The lowest BCUT2D eigenvalue weighted by atomic mass is 10.1. The number of rotatable bonds is 2. The van der Waals surface area contributed by atoms with E-state index >= 15 is 0 Å². The molecular weight excluding hydrogens is 224 g/mol. The van der Waals surface area contributed by atoms with Gasteiger partial charge in [-0.2, -0.15) is 0 Å². The van der Waals surface area contributed by atoms with Crippen LogP contribution in [0.5, 0.6) is 0 Å². The normalized spacial score (nSPS) is 18.3. The van der Waals surface area contributed by atoms with Crippen molar-refractivity contribution in [3.63, 3.8) is 0 Å². The van der Waals surface area contributed by atoms with E-state index in [1.807, 2.05) is 48.5 Å². The number of hydrogen-bond acceptors (Lipinski definition) is 3. The van der Waals surface area contributed by atoms with E-state index in [9.17, 15) is 0 Å². The van der Waals surface area contributed by atoms with Crippen LogP contribution >= 0.6 is 0 Å². The molecule has 0 saturated carbocycles. The van der Waals surface area contributed by atoms with Crippen LogP contribution in [-0.2, 0) is 4.84 Å². The van der Waals surface area contributed by atoms with E-state index in [1.54, 1.807) is 0 Å². The van der Waals surface area contributed by atoms with Gasteiger partial charge >= 0.3 is 0 Å². The first kappa shape index (κ1) is 11.0. The van der Waals surface area contributed by atoms with Crippen LogP contribution in [0.15, 0.2) is 59.6 Å². The number of nitrogens with zero attached hydrogens (tertiary/aromatic N) is 1. The third-order valence-electron chi connectivity index (χ3n) is 3.00. The van der Waals surface area contributed by atoms with Crippen molar-refractivity contribution in [2.75, 3.05) is 0 Å². The molecule has 3 rings (SSSR count). The first-order valence-corrected chi connectivity index (χ1v) is 5.95. The van der Waals surface area contributed by atoms with E-state index < -0.39 is 0 Å². The molecule has 0 bridgehead atoms. The quantitative estimate of drug-likeness (QED) is 0.872. The highest BCUT2D eigenvalue weighted by molar-refractivity contribution is 6.00. The highest BCUT2D eigenvalue weighted by Crippen LogP contribution is 2.23. The van der Waals surface area contributed by atoms with Crippen LogP contribution in [0.4, 0.5) is 0 Å². The van der Waals surface area contributed by atoms with Crippen LogP contribution < -0.4 is 5.48 Å². The fraction of sp³-hybridized carbons (Fsp3) is 0.133. The van der Waals surface area contributed by atoms with E-state index in [0.29, 0.717) is 0 Å². The molecule has 1 heterocycles. The van der Waals surface area contributed by atoms with Crippen LogP contribution in [0.3, 0.4) is 0 Å². The second kappa shape index (κ2) is 4.63. The van der Waals surface area contributed by atoms with Gasteiger partial charge in [-0.3, -0.25) is 0 Å². The van der Waals surface area contributed by atoms with Crippen molar-refractivity contribution in [2.24, 2.45) is 4.99 Å². The summed E-state index contributed by atoms with van der Waals surface area (Å²) >= 11 is 0. The Hall–Kier alpha value is -2.13. The second-order valence-electron chi connectivity index (χ2n) is 4.28. The zero-order valence-corrected chi connectivity index (χ0v) is 10.1. The highest BCUT2D eigenvalue weighted by Gasteiger charge is 2.21. The van der Waals surface area contributed by atoms with Gasteiger partial charge < -0.3 is 0 Å². The zero-order chi connectivity index (χ0) is 12.4. The van der Waals surface area contributed by atoms with E-state index in [-0.39, 0.29) is 6.23 Å². The molecular formula is C15H14N2O. The summed E-state index contributed by atoms with van der Waals surface area (Å²) in [6, 6.07) is 18.1. The Morgan fingerprint density at radius 1 is 1.00 bits per heavy atom. The van der Waals surface area contributed by atoms with E-state index in [0.717, 1.165) is 17.0 Å². The minimum atomic E-state index is -0.263. The Balaban J connectivity index is 1.91. The molecule has 3 heteroatoms. The van der Waals surface area contributed by atoms with Gasteiger partial charge in [-0.25, -0.2) is 15.3 Å². The number of benzene rings is 2. The average Bonchev–Trinajstić information content (AvgIpc) is 2.90. The maximum absolute atomic E-state index is 5.51. The first-order valence-electron chi connectivity index (χ1n) is 5.95. The lowest BCUT2D eigenvalue weighted by Gasteiger charge is -2.05. The molecule has 1 N–H and O–H groups in total. The summed E-state index contributed by atoms with van der Waals surface area (Å²) in [5.41, 5.74) is 6.22. The monoisotopic (exact) mass is 238 g/mol. The summed E-state index contributed by atoms with van der Waals surface area (Å²) in [5.74, 6) is 0.793. The largest absolute Gasteiger partial charge is 0.246 e. The molecule has 1 unspecified atom stereocenters. The molecule has 0 aromatic heterocycles. The van der Waals surface area contributed by atoms with Crippen LogP contribution in [0.25, 0.3) is 0 Å². The molecule has 0 fully saturated rings. The molecule has 1 atom stereocenters. The predicted molar refractivity (Wildman–Crippen MR) is 71.1 cm³/mol. The summed E-state index contributed by atoms with van der Waals surface area (Å²) in [7, 11) is 0. The van der Waals surface area contributed by atoms with Crippen molar-refractivity contribution in [3.05, 3.63) is 71.3 Å². The van der Waals surface area contributed by atoms with Gasteiger partial charge in [0, 0.05) is 11.1 Å². The van der Waals surface area contributed by atoms with Crippen LogP contribution in [0.2, 0.25) is 0 Å². The van der Waals surface area contributed by atoms with Gasteiger partial charge in [0.2, 0.25) is 6.23 Å². The van der Waals surface area contributed by atoms with Gasteiger partial charge in [0.05, 0.1) is 0 Å². The van der Waals surface area contributed by atoms with Gasteiger partial charge in [0.25, 0.3) is 0 Å². The third kappa shape index (κ3) is 2.00. The minimum Gasteiger partial charge on any atom is -0.246 e. The lowest BCUT2D eigenvalue weighted by molar-refractivity contribution is 0.0377. The molecule has 0 spiro atoms. The molecule has 2 aromatic carbocycles. The number of aryl methyl sites for hydroxylation is 1. The Labute approximate surface area is 106 Å². The number of amidine groups is 1. The Bertz CT molecular complexity index is 578. The van der Waals surface area contributed by atoms with Gasteiger partial charge in [-0.15, -0.1) is 0 Å². The average molecular weight is 238 g/mol. The summed E-state index contributed by atoms with van der Waals surface area (Å²) < 4.78 is 0. The molecule has 0 radical (unpaired) electrons. The number of hydrogen-bond donors (Lipinski definition) is 1. The summed E-state index contributed by atoms with van der Waals surface area (Å²) in [4.78, 5) is 10.1. The van der Waals surface area contributed by atoms with Crippen LogP contribution in [0.1, 0.15) is 22.9 Å². The summed E-state index contributed by atoms with van der Waals surface area (Å²) in [6.45, 7) is 2.06. The second-order valence-corrected chi connectivity index (χ2v) is 4.28.